The second-order valence-corrected chi connectivity index (χ2v) is 7.45. The van der Waals surface area contributed by atoms with E-state index in [1.807, 2.05) is 16.6 Å². The van der Waals surface area contributed by atoms with Crippen LogP contribution in [0.15, 0.2) is 28.6 Å². The highest BCUT2D eigenvalue weighted by Crippen LogP contribution is 2.29. The topological polar surface area (TPSA) is 59.7 Å². The lowest BCUT2D eigenvalue weighted by Crippen LogP contribution is -2.82. The first-order valence-corrected chi connectivity index (χ1v) is 9.03. The van der Waals surface area contributed by atoms with Crippen LogP contribution in [0.25, 0.3) is 4.96 Å². The normalized spacial score (nSPS) is 18.3. The maximum Gasteiger partial charge on any atom is 0.235 e. The van der Waals surface area contributed by atoms with Crippen LogP contribution in [0, 0.1) is 5.82 Å². The molecule has 8 heteroatoms. The molecule has 0 saturated carbocycles. The van der Waals surface area contributed by atoms with Crippen molar-refractivity contribution in [1.29, 1.82) is 0 Å². The highest BCUT2D eigenvalue weighted by Gasteiger charge is 2.27. The molecule has 2 aromatic heterocycles. The van der Waals surface area contributed by atoms with Gasteiger partial charge in [-0.3, -0.25) is 0 Å². The second-order valence-electron chi connectivity index (χ2n) is 5.27. The molecule has 0 radical (unpaired) electrons. The number of thioether (sulfide) groups is 1. The van der Waals surface area contributed by atoms with Crippen molar-refractivity contribution < 1.29 is 9.71 Å². The number of nitrogens with zero attached hydrogens (tertiary/aromatic N) is 4. The summed E-state index contributed by atoms with van der Waals surface area (Å²) in [4.78, 5) is 0.811. The molecule has 0 bridgehead atoms. The van der Waals surface area contributed by atoms with Crippen molar-refractivity contribution in [3.8, 4) is 0 Å². The molecule has 0 amide bonds. The molecular formula is C14H15FN5S2+. The molecule has 3 heterocycles. The molecule has 1 aliphatic heterocycles. The molecule has 1 aromatic carbocycles. The van der Waals surface area contributed by atoms with Crippen LogP contribution in [0.3, 0.4) is 0 Å². The SMILES string of the molecule is Fc1ccccc1CSc1nn2c([C@H]3CCC[NH2+]3)nnc2s1. The average molecular weight is 336 g/mol. The Kier molecular flexibility index (Phi) is 3.81. The molecule has 1 fully saturated rings. The number of quaternary nitrogens is 1. The van der Waals surface area contributed by atoms with Gasteiger partial charge in [0.15, 0.2) is 4.34 Å². The number of fused-ring (bicyclic) bond motifs is 1. The summed E-state index contributed by atoms with van der Waals surface area (Å²) in [6, 6.07) is 7.22. The predicted molar refractivity (Wildman–Crippen MR) is 83.4 cm³/mol. The summed E-state index contributed by atoms with van der Waals surface area (Å²) in [5.74, 6) is 1.34. The van der Waals surface area contributed by atoms with E-state index in [1.165, 1.54) is 35.6 Å². The van der Waals surface area contributed by atoms with Gasteiger partial charge in [0, 0.05) is 18.6 Å². The van der Waals surface area contributed by atoms with Crippen molar-refractivity contribution in [2.24, 2.45) is 0 Å². The zero-order valence-corrected chi connectivity index (χ0v) is 13.4. The number of aromatic nitrogens is 4. The Balaban J connectivity index is 1.54. The molecular weight excluding hydrogens is 321 g/mol. The lowest BCUT2D eigenvalue weighted by molar-refractivity contribution is -0.677. The molecule has 114 valence electrons. The van der Waals surface area contributed by atoms with Crippen molar-refractivity contribution in [3.63, 3.8) is 0 Å². The Bertz CT molecular complexity index is 793. The van der Waals surface area contributed by atoms with Crippen LogP contribution in [-0.2, 0) is 5.75 Å². The molecule has 1 saturated heterocycles. The Morgan fingerprint density at radius 2 is 2.27 bits per heavy atom. The number of halogens is 1. The molecule has 0 unspecified atom stereocenters. The summed E-state index contributed by atoms with van der Waals surface area (Å²) < 4.78 is 16.4. The number of hydrogen-bond donors (Lipinski definition) is 1. The third kappa shape index (κ3) is 2.62. The van der Waals surface area contributed by atoms with Gasteiger partial charge in [0.25, 0.3) is 0 Å². The Morgan fingerprint density at radius 1 is 1.36 bits per heavy atom. The van der Waals surface area contributed by atoms with E-state index in [1.54, 1.807) is 6.07 Å². The van der Waals surface area contributed by atoms with Crippen molar-refractivity contribution in [2.75, 3.05) is 6.54 Å². The van der Waals surface area contributed by atoms with E-state index >= 15 is 0 Å². The van der Waals surface area contributed by atoms with Gasteiger partial charge in [-0.15, -0.1) is 15.3 Å². The minimum atomic E-state index is -0.167. The van der Waals surface area contributed by atoms with Crippen LogP contribution >= 0.6 is 23.1 Å². The van der Waals surface area contributed by atoms with Crippen molar-refractivity contribution in [1.82, 2.24) is 19.8 Å². The summed E-state index contributed by atoms with van der Waals surface area (Å²) in [5.41, 5.74) is 0.697. The van der Waals surface area contributed by atoms with Gasteiger partial charge >= 0.3 is 0 Å². The summed E-state index contributed by atoms with van der Waals surface area (Å²) in [6.07, 6.45) is 2.33. The van der Waals surface area contributed by atoms with E-state index in [-0.39, 0.29) is 5.82 Å². The third-order valence-corrected chi connectivity index (χ3v) is 5.89. The smallest absolute Gasteiger partial charge is 0.235 e. The first-order chi connectivity index (χ1) is 10.8. The molecule has 0 aliphatic carbocycles. The second kappa shape index (κ2) is 5.94. The van der Waals surface area contributed by atoms with Gasteiger partial charge in [-0.2, -0.15) is 4.52 Å². The van der Waals surface area contributed by atoms with Gasteiger partial charge in [-0.25, -0.2) is 4.39 Å². The van der Waals surface area contributed by atoms with Crippen LogP contribution in [0.5, 0.6) is 0 Å². The van der Waals surface area contributed by atoms with E-state index in [4.69, 9.17) is 0 Å². The number of nitrogens with two attached hydrogens (primary N) is 1. The van der Waals surface area contributed by atoms with Crippen LogP contribution in [0.1, 0.15) is 30.3 Å². The molecule has 1 aliphatic rings. The fraction of sp³-hybridized carbons (Fsp3) is 0.357. The molecule has 2 N–H and O–H groups in total. The number of benzene rings is 1. The highest BCUT2D eigenvalue weighted by molar-refractivity contribution is 8.00. The van der Waals surface area contributed by atoms with E-state index in [0.29, 0.717) is 17.4 Å². The summed E-state index contributed by atoms with van der Waals surface area (Å²) >= 11 is 3.04. The van der Waals surface area contributed by atoms with Gasteiger partial charge in [-0.05, 0) is 11.6 Å². The Morgan fingerprint density at radius 3 is 3.09 bits per heavy atom. The van der Waals surface area contributed by atoms with Crippen LogP contribution in [-0.4, -0.2) is 26.4 Å². The predicted octanol–water partition coefficient (Wildman–Crippen LogP) is 2.02. The van der Waals surface area contributed by atoms with Gasteiger partial charge in [0.1, 0.15) is 11.9 Å². The first-order valence-electron chi connectivity index (χ1n) is 7.23. The third-order valence-electron chi connectivity index (χ3n) is 3.81. The van der Waals surface area contributed by atoms with E-state index in [2.05, 4.69) is 20.6 Å². The zero-order valence-electron chi connectivity index (χ0n) is 11.8. The van der Waals surface area contributed by atoms with Crippen molar-refractivity contribution in [2.45, 2.75) is 29.0 Å². The maximum atomic E-state index is 13.6. The minimum absolute atomic E-state index is 0.167. The lowest BCUT2D eigenvalue weighted by atomic mass is 10.2. The summed E-state index contributed by atoms with van der Waals surface area (Å²) in [7, 11) is 0. The number of hydrogen-bond acceptors (Lipinski definition) is 5. The largest absolute Gasteiger partial charge is 0.337 e. The van der Waals surface area contributed by atoms with Crippen molar-refractivity contribution in [3.05, 3.63) is 41.5 Å². The van der Waals surface area contributed by atoms with Crippen LogP contribution in [0.2, 0.25) is 0 Å². The van der Waals surface area contributed by atoms with E-state index in [9.17, 15) is 4.39 Å². The minimum Gasteiger partial charge on any atom is -0.337 e. The van der Waals surface area contributed by atoms with Gasteiger partial charge < -0.3 is 5.32 Å². The van der Waals surface area contributed by atoms with Gasteiger partial charge in [0.05, 0.1) is 6.54 Å². The van der Waals surface area contributed by atoms with Crippen LogP contribution in [0.4, 0.5) is 4.39 Å². The fourth-order valence-electron chi connectivity index (χ4n) is 2.67. The molecule has 4 rings (SSSR count). The molecule has 22 heavy (non-hydrogen) atoms. The average Bonchev–Trinajstić information content (AvgIpc) is 3.22. The van der Waals surface area contributed by atoms with Gasteiger partial charge in [-0.1, -0.05) is 41.3 Å². The Hall–Kier alpha value is -1.51. The van der Waals surface area contributed by atoms with Crippen molar-refractivity contribution >= 4 is 28.1 Å². The lowest BCUT2D eigenvalue weighted by Gasteiger charge is -2.02. The molecule has 1 atom stereocenters. The number of rotatable bonds is 4. The molecule has 3 aromatic rings. The monoisotopic (exact) mass is 336 g/mol. The van der Waals surface area contributed by atoms with Crippen LogP contribution < -0.4 is 5.32 Å². The zero-order chi connectivity index (χ0) is 14.9. The van der Waals surface area contributed by atoms with E-state index < -0.39 is 0 Å². The standard InChI is InChI=1S/C14H14FN5S2/c15-10-5-2-1-4-9(10)8-21-14-19-20-12(11-6-3-7-16-11)17-18-13(20)22-14/h1-2,4-5,11,16H,3,6-8H2/p+1/t11-/m1/s1. The maximum absolute atomic E-state index is 13.6. The molecule has 0 spiro atoms. The first kappa shape index (κ1) is 14.1. The van der Waals surface area contributed by atoms with Gasteiger partial charge in [0.2, 0.25) is 10.8 Å². The quantitative estimate of drug-likeness (QED) is 0.741. The molecule has 5 nitrogen and oxygen atoms in total. The summed E-state index contributed by atoms with van der Waals surface area (Å²) in [5, 5.41) is 15.4. The highest BCUT2D eigenvalue weighted by atomic mass is 32.2. The van der Waals surface area contributed by atoms with E-state index in [0.717, 1.165) is 28.1 Å². The summed E-state index contributed by atoms with van der Waals surface area (Å²) in [6.45, 7) is 1.14. The fourth-order valence-corrected chi connectivity index (χ4v) is 4.54. The Labute approximate surface area is 135 Å².